The van der Waals surface area contributed by atoms with Gasteiger partial charge in [-0.3, -0.25) is 4.98 Å². The predicted octanol–water partition coefficient (Wildman–Crippen LogP) is 3.58. The summed E-state index contributed by atoms with van der Waals surface area (Å²) in [6, 6.07) is 9.83. The van der Waals surface area contributed by atoms with Crippen molar-refractivity contribution in [2.45, 2.75) is 13.3 Å². The molecule has 21 heavy (non-hydrogen) atoms. The van der Waals surface area contributed by atoms with Crippen molar-refractivity contribution in [3.8, 4) is 11.3 Å². The zero-order chi connectivity index (χ0) is 14.8. The van der Waals surface area contributed by atoms with E-state index < -0.39 is 0 Å². The van der Waals surface area contributed by atoms with E-state index in [4.69, 9.17) is 4.74 Å². The normalized spacial score (nSPS) is 10.8. The first kappa shape index (κ1) is 13.4. The number of hydrogen-bond donors (Lipinski definition) is 1. The Bertz CT molecular complexity index is 805. The molecule has 0 amide bonds. The first-order valence-corrected chi connectivity index (χ1v) is 6.88. The summed E-state index contributed by atoms with van der Waals surface area (Å²) in [7, 11) is 1.40. The number of benzene rings is 1. The average Bonchev–Trinajstić information content (AvgIpc) is 2.97. The molecule has 1 N–H and O–H groups in total. The number of pyridine rings is 1. The Hall–Kier alpha value is -2.62. The minimum absolute atomic E-state index is 0.324. The van der Waals surface area contributed by atoms with Crippen LogP contribution in [-0.2, 0) is 11.2 Å². The number of nitrogens with zero attached hydrogens (tertiary/aromatic N) is 1. The summed E-state index contributed by atoms with van der Waals surface area (Å²) in [6.45, 7) is 1.99. The van der Waals surface area contributed by atoms with Gasteiger partial charge in [-0.05, 0) is 24.1 Å². The minimum Gasteiger partial charge on any atom is -0.465 e. The van der Waals surface area contributed by atoms with Crippen LogP contribution >= 0.6 is 0 Å². The van der Waals surface area contributed by atoms with E-state index in [1.807, 2.05) is 37.4 Å². The van der Waals surface area contributed by atoms with E-state index in [1.165, 1.54) is 7.11 Å². The Labute approximate surface area is 122 Å². The molecule has 2 aromatic heterocycles. The van der Waals surface area contributed by atoms with Crippen molar-refractivity contribution in [2.24, 2.45) is 0 Å². The number of nitrogens with one attached hydrogen (secondary N) is 1. The number of aromatic amines is 1. The lowest BCUT2D eigenvalue weighted by atomic mass is 10.0. The Kier molecular flexibility index (Phi) is 3.44. The number of carbonyl (C=O) groups excluding carboxylic acids is 1. The topological polar surface area (TPSA) is 55.0 Å². The molecular weight excluding hydrogens is 264 g/mol. The molecule has 0 spiro atoms. The van der Waals surface area contributed by atoms with E-state index in [0.717, 1.165) is 34.1 Å². The van der Waals surface area contributed by atoms with Crippen LogP contribution in [0.1, 0.15) is 22.8 Å². The van der Waals surface area contributed by atoms with Gasteiger partial charge in [0.05, 0.1) is 18.4 Å². The van der Waals surface area contributed by atoms with Crippen LogP contribution < -0.4 is 0 Å². The summed E-state index contributed by atoms with van der Waals surface area (Å²) in [5, 5.41) is 1.09. The van der Waals surface area contributed by atoms with Crippen LogP contribution in [0.5, 0.6) is 0 Å². The molecule has 0 radical (unpaired) electrons. The number of hydrogen-bond acceptors (Lipinski definition) is 3. The number of H-pyrrole nitrogens is 1. The van der Waals surface area contributed by atoms with Crippen LogP contribution in [0.15, 0.2) is 42.7 Å². The minimum atomic E-state index is -0.324. The second-order valence-electron chi connectivity index (χ2n) is 4.82. The molecule has 0 fully saturated rings. The molecule has 0 saturated carbocycles. The number of ether oxygens (including phenoxy) is 1. The molecule has 4 nitrogen and oxygen atoms in total. The van der Waals surface area contributed by atoms with E-state index in [1.54, 1.807) is 12.3 Å². The van der Waals surface area contributed by atoms with Crippen molar-refractivity contribution < 1.29 is 9.53 Å². The molecule has 0 atom stereocenters. The number of para-hydroxylation sites is 1. The fourth-order valence-corrected chi connectivity index (χ4v) is 2.50. The van der Waals surface area contributed by atoms with Crippen LogP contribution in [0.25, 0.3) is 22.2 Å². The van der Waals surface area contributed by atoms with Crippen molar-refractivity contribution in [2.75, 3.05) is 7.11 Å². The summed E-state index contributed by atoms with van der Waals surface area (Å²) >= 11 is 0. The largest absolute Gasteiger partial charge is 0.465 e. The van der Waals surface area contributed by atoms with Gasteiger partial charge in [0.15, 0.2) is 0 Å². The van der Waals surface area contributed by atoms with Gasteiger partial charge in [-0.15, -0.1) is 0 Å². The molecule has 106 valence electrons. The van der Waals surface area contributed by atoms with Crippen molar-refractivity contribution in [1.82, 2.24) is 9.97 Å². The van der Waals surface area contributed by atoms with Gasteiger partial charge in [0.1, 0.15) is 0 Å². The highest BCUT2D eigenvalue weighted by atomic mass is 16.5. The first-order chi connectivity index (χ1) is 10.2. The van der Waals surface area contributed by atoms with Crippen LogP contribution in [0.4, 0.5) is 0 Å². The second-order valence-corrected chi connectivity index (χ2v) is 4.82. The molecule has 3 aromatic rings. The standard InChI is InChI=1S/C17H16N2O2/c1-3-11-9-18-16(8-13(11)17(20)21-2)14-10-19-15-7-5-4-6-12(14)15/h4-10,19H,3H2,1-2H3. The number of fused-ring (bicyclic) bond motifs is 1. The highest BCUT2D eigenvalue weighted by molar-refractivity contribution is 5.97. The van der Waals surface area contributed by atoms with Crippen LogP contribution in [0.2, 0.25) is 0 Å². The van der Waals surface area contributed by atoms with Gasteiger partial charge in [0, 0.05) is 28.9 Å². The smallest absolute Gasteiger partial charge is 0.338 e. The summed E-state index contributed by atoms with van der Waals surface area (Å²) in [5.41, 5.74) is 4.28. The van der Waals surface area contributed by atoms with Crippen molar-refractivity contribution in [3.05, 3.63) is 53.9 Å². The van der Waals surface area contributed by atoms with Crippen molar-refractivity contribution >= 4 is 16.9 Å². The van der Waals surface area contributed by atoms with E-state index in [0.29, 0.717) is 5.56 Å². The summed E-state index contributed by atoms with van der Waals surface area (Å²) in [5.74, 6) is -0.324. The van der Waals surface area contributed by atoms with Crippen LogP contribution in [-0.4, -0.2) is 23.0 Å². The third-order valence-electron chi connectivity index (χ3n) is 3.64. The maximum absolute atomic E-state index is 11.9. The van der Waals surface area contributed by atoms with E-state index >= 15 is 0 Å². The van der Waals surface area contributed by atoms with Crippen molar-refractivity contribution in [3.63, 3.8) is 0 Å². The highest BCUT2D eigenvalue weighted by Gasteiger charge is 2.15. The van der Waals surface area contributed by atoms with E-state index in [9.17, 15) is 4.79 Å². The quantitative estimate of drug-likeness (QED) is 0.746. The van der Waals surface area contributed by atoms with Crippen molar-refractivity contribution in [1.29, 1.82) is 0 Å². The maximum Gasteiger partial charge on any atom is 0.338 e. The van der Waals surface area contributed by atoms with Gasteiger partial charge in [-0.2, -0.15) is 0 Å². The maximum atomic E-state index is 11.9. The number of carbonyl (C=O) groups is 1. The molecule has 3 rings (SSSR count). The fourth-order valence-electron chi connectivity index (χ4n) is 2.50. The highest BCUT2D eigenvalue weighted by Crippen LogP contribution is 2.28. The number of methoxy groups -OCH3 is 1. The SMILES string of the molecule is CCc1cnc(-c2c[nH]c3ccccc23)cc1C(=O)OC. The Balaban J connectivity index is 2.17. The van der Waals surface area contributed by atoms with Gasteiger partial charge >= 0.3 is 5.97 Å². The average molecular weight is 280 g/mol. The zero-order valence-electron chi connectivity index (χ0n) is 12.0. The summed E-state index contributed by atoms with van der Waals surface area (Å²) in [4.78, 5) is 19.6. The monoisotopic (exact) mass is 280 g/mol. The molecular formula is C17H16N2O2. The molecule has 0 aliphatic heterocycles. The molecule has 0 aliphatic carbocycles. The van der Waals surface area contributed by atoms with Gasteiger partial charge in [0.25, 0.3) is 0 Å². The molecule has 0 bridgehead atoms. The number of aromatic nitrogens is 2. The second kappa shape index (κ2) is 5.40. The third kappa shape index (κ3) is 2.29. The number of rotatable bonds is 3. The Morgan fingerprint density at radius 3 is 2.90 bits per heavy atom. The fraction of sp³-hybridized carbons (Fsp3) is 0.176. The molecule has 2 heterocycles. The molecule has 1 aromatic carbocycles. The first-order valence-electron chi connectivity index (χ1n) is 6.88. The lowest BCUT2D eigenvalue weighted by molar-refractivity contribution is 0.0599. The Morgan fingerprint density at radius 1 is 1.33 bits per heavy atom. The predicted molar refractivity (Wildman–Crippen MR) is 82.2 cm³/mol. The van der Waals surface area contributed by atoms with Gasteiger partial charge in [0.2, 0.25) is 0 Å². The molecule has 0 unspecified atom stereocenters. The summed E-state index contributed by atoms with van der Waals surface area (Å²) < 4.78 is 4.86. The number of esters is 1. The third-order valence-corrected chi connectivity index (χ3v) is 3.64. The van der Waals surface area contributed by atoms with Gasteiger partial charge in [-0.25, -0.2) is 4.79 Å². The van der Waals surface area contributed by atoms with Gasteiger partial charge in [-0.1, -0.05) is 25.1 Å². The van der Waals surface area contributed by atoms with Crippen LogP contribution in [0, 0.1) is 0 Å². The van der Waals surface area contributed by atoms with E-state index in [2.05, 4.69) is 9.97 Å². The summed E-state index contributed by atoms with van der Waals surface area (Å²) in [6.07, 6.45) is 4.41. The zero-order valence-corrected chi connectivity index (χ0v) is 12.0. The lowest BCUT2D eigenvalue weighted by Gasteiger charge is -2.07. The van der Waals surface area contributed by atoms with Gasteiger partial charge < -0.3 is 9.72 Å². The van der Waals surface area contributed by atoms with E-state index in [-0.39, 0.29) is 5.97 Å². The molecule has 0 saturated heterocycles. The number of aryl methyl sites for hydroxylation is 1. The van der Waals surface area contributed by atoms with Crippen LogP contribution in [0.3, 0.4) is 0 Å². The molecule has 4 heteroatoms. The Morgan fingerprint density at radius 2 is 2.14 bits per heavy atom. The lowest BCUT2D eigenvalue weighted by Crippen LogP contribution is -2.06. The molecule has 0 aliphatic rings.